The van der Waals surface area contributed by atoms with Crippen molar-refractivity contribution in [1.82, 2.24) is 15.3 Å². The number of benzene rings is 1. The highest BCUT2D eigenvalue weighted by atomic mass is 35.5. The van der Waals surface area contributed by atoms with Crippen LogP contribution in [-0.2, 0) is 4.79 Å². The Kier molecular flexibility index (Phi) is 5.67. The summed E-state index contributed by atoms with van der Waals surface area (Å²) in [6.45, 7) is 0.465. The summed E-state index contributed by atoms with van der Waals surface area (Å²) in [7, 11) is 0. The Hall–Kier alpha value is -2.26. The number of amides is 1. The van der Waals surface area contributed by atoms with Crippen LogP contribution in [0, 0.1) is 5.92 Å². The molecule has 2 aromatic heterocycles. The smallest absolute Gasteiger partial charge is 0.422 e. The molecular formula is C20H19ClF3N3O2S. The number of alkyl halides is 3. The molecule has 0 spiro atoms. The average molecular weight is 458 g/mol. The number of H-pyrrole nitrogens is 1. The summed E-state index contributed by atoms with van der Waals surface area (Å²) in [5.41, 5.74) is 1.61. The molecule has 1 aliphatic carbocycles. The van der Waals surface area contributed by atoms with Gasteiger partial charge in [-0.3, -0.25) is 4.79 Å². The first-order chi connectivity index (χ1) is 14.2. The molecule has 1 aliphatic rings. The lowest BCUT2D eigenvalue weighted by molar-refractivity contribution is -0.152. The number of rotatable bonds is 7. The summed E-state index contributed by atoms with van der Waals surface area (Å²) in [5.74, 6) is 1.13. The molecule has 5 nitrogen and oxygen atoms in total. The Labute approximate surface area is 179 Å². The molecule has 10 heteroatoms. The highest BCUT2D eigenvalue weighted by molar-refractivity contribution is 7.13. The predicted molar refractivity (Wildman–Crippen MR) is 109 cm³/mol. The van der Waals surface area contributed by atoms with E-state index in [1.54, 1.807) is 19.1 Å². The molecule has 1 amide bonds. The minimum Gasteiger partial charge on any atom is -0.475 e. The van der Waals surface area contributed by atoms with Crippen LogP contribution in [0.15, 0.2) is 30.3 Å². The number of nitrogens with one attached hydrogen (secondary N) is 2. The van der Waals surface area contributed by atoms with E-state index in [2.05, 4.69) is 15.3 Å². The van der Waals surface area contributed by atoms with Crippen LogP contribution < -0.4 is 10.1 Å². The number of hydrogen-bond donors (Lipinski definition) is 2. The molecule has 2 heterocycles. The quantitative estimate of drug-likeness (QED) is 0.486. The summed E-state index contributed by atoms with van der Waals surface area (Å²) in [4.78, 5) is 21.0. The number of para-hydroxylation sites is 1. The minimum absolute atomic E-state index is 0.102. The van der Waals surface area contributed by atoms with Crippen molar-refractivity contribution in [1.29, 1.82) is 0 Å². The van der Waals surface area contributed by atoms with Crippen molar-refractivity contribution in [2.75, 3.05) is 6.61 Å². The maximum Gasteiger partial charge on any atom is 0.422 e. The summed E-state index contributed by atoms with van der Waals surface area (Å²) in [6.07, 6.45) is -3.15. The largest absolute Gasteiger partial charge is 0.475 e. The van der Waals surface area contributed by atoms with Crippen molar-refractivity contribution in [3.05, 3.63) is 46.1 Å². The first kappa shape index (κ1) is 21.0. The van der Waals surface area contributed by atoms with Crippen molar-refractivity contribution in [3.8, 4) is 5.06 Å². The second-order valence-electron chi connectivity index (χ2n) is 7.41. The van der Waals surface area contributed by atoms with E-state index in [9.17, 15) is 18.0 Å². The number of nitrogens with zero attached hydrogens (tertiary/aromatic N) is 1. The van der Waals surface area contributed by atoms with Crippen LogP contribution in [0.3, 0.4) is 0 Å². The zero-order valence-electron chi connectivity index (χ0n) is 15.9. The number of fused-ring (bicyclic) bond motifs is 1. The molecule has 4 rings (SSSR count). The summed E-state index contributed by atoms with van der Waals surface area (Å²) in [5, 5.41) is 3.67. The third kappa shape index (κ3) is 4.89. The molecule has 0 aliphatic heterocycles. The molecule has 0 bridgehead atoms. The van der Waals surface area contributed by atoms with Crippen LogP contribution >= 0.6 is 22.9 Å². The van der Waals surface area contributed by atoms with E-state index in [-0.39, 0.29) is 28.8 Å². The number of ether oxygens (including phenoxy) is 1. The first-order valence-corrected chi connectivity index (χ1v) is 10.6. The van der Waals surface area contributed by atoms with E-state index >= 15 is 0 Å². The normalized spacial score (nSPS) is 19.6. The lowest BCUT2D eigenvalue weighted by atomic mass is 10.2. The molecule has 0 radical (unpaired) electrons. The van der Waals surface area contributed by atoms with Crippen LogP contribution in [0.5, 0.6) is 5.06 Å². The van der Waals surface area contributed by atoms with Gasteiger partial charge in [0.15, 0.2) is 11.7 Å². The number of carbonyl (C=O) groups is 1. The van der Waals surface area contributed by atoms with E-state index in [4.69, 9.17) is 16.3 Å². The van der Waals surface area contributed by atoms with Gasteiger partial charge in [-0.1, -0.05) is 17.7 Å². The van der Waals surface area contributed by atoms with Gasteiger partial charge in [-0.15, -0.1) is 11.3 Å². The lowest BCUT2D eigenvalue weighted by Crippen LogP contribution is -2.26. The number of thiophene rings is 1. The highest BCUT2D eigenvalue weighted by Gasteiger charge is 2.42. The molecular weight excluding hydrogens is 439 g/mol. The zero-order valence-corrected chi connectivity index (χ0v) is 17.5. The Morgan fingerprint density at radius 2 is 2.20 bits per heavy atom. The molecule has 3 atom stereocenters. The Morgan fingerprint density at radius 3 is 2.93 bits per heavy atom. The van der Waals surface area contributed by atoms with Crippen LogP contribution in [0.25, 0.3) is 11.0 Å². The maximum absolute atomic E-state index is 12.4. The molecule has 30 heavy (non-hydrogen) atoms. The predicted octanol–water partition coefficient (Wildman–Crippen LogP) is 5.59. The Balaban J connectivity index is 1.29. The average Bonchev–Trinajstić information content (AvgIpc) is 3.07. The van der Waals surface area contributed by atoms with Crippen molar-refractivity contribution in [3.63, 3.8) is 0 Å². The third-order valence-corrected chi connectivity index (χ3v) is 6.47. The first-order valence-electron chi connectivity index (χ1n) is 9.42. The van der Waals surface area contributed by atoms with E-state index in [0.29, 0.717) is 11.4 Å². The molecule has 160 valence electrons. The Morgan fingerprint density at radius 1 is 1.40 bits per heavy atom. The van der Waals surface area contributed by atoms with Crippen LogP contribution in [0.4, 0.5) is 13.2 Å². The van der Waals surface area contributed by atoms with Gasteiger partial charge in [-0.2, -0.15) is 13.2 Å². The van der Waals surface area contributed by atoms with Crippen LogP contribution in [0.2, 0.25) is 5.02 Å². The number of carbonyl (C=O) groups excluding carboxylic acids is 1. The zero-order chi connectivity index (χ0) is 21.5. The molecule has 0 saturated heterocycles. The van der Waals surface area contributed by atoms with Gasteiger partial charge in [0.25, 0.3) is 0 Å². The molecule has 1 saturated carbocycles. The number of aromatic amines is 1. The molecule has 3 aromatic rings. The maximum atomic E-state index is 12.4. The van der Waals surface area contributed by atoms with Crippen molar-refractivity contribution < 1.29 is 22.7 Å². The number of aromatic nitrogens is 2. The number of halogens is 4. The van der Waals surface area contributed by atoms with Crippen LogP contribution in [0.1, 0.15) is 42.4 Å². The SMILES string of the molecule is C[C@@H](NC(=O)C[C@@H]1C[C@H]1c1nc2c(Cl)cccc2[nH]1)c1ccc(OCC(F)(F)F)s1. The molecule has 1 fully saturated rings. The van der Waals surface area contributed by atoms with E-state index in [0.717, 1.165) is 39.5 Å². The second-order valence-corrected chi connectivity index (χ2v) is 8.90. The fourth-order valence-electron chi connectivity index (χ4n) is 3.41. The van der Waals surface area contributed by atoms with E-state index in [1.165, 1.54) is 6.07 Å². The summed E-state index contributed by atoms with van der Waals surface area (Å²) in [6, 6.07) is 8.40. The summed E-state index contributed by atoms with van der Waals surface area (Å²) >= 11 is 7.26. The van der Waals surface area contributed by atoms with Crippen LogP contribution in [-0.4, -0.2) is 28.7 Å². The number of hydrogen-bond acceptors (Lipinski definition) is 4. The molecule has 1 aromatic carbocycles. The van der Waals surface area contributed by atoms with Gasteiger partial charge >= 0.3 is 6.18 Å². The lowest BCUT2D eigenvalue weighted by Gasteiger charge is -2.12. The van der Waals surface area contributed by atoms with Gasteiger partial charge in [0.2, 0.25) is 5.91 Å². The Bertz CT molecular complexity index is 1070. The van der Waals surface area contributed by atoms with Gasteiger partial charge in [-0.05, 0) is 43.5 Å². The van der Waals surface area contributed by atoms with E-state index in [1.807, 2.05) is 12.1 Å². The monoisotopic (exact) mass is 457 g/mol. The number of imidazole rings is 1. The third-order valence-electron chi connectivity index (χ3n) is 4.99. The van der Waals surface area contributed by atoms with Crippen molar-refractivity contribution in [2.45, 2.75) is 37.9 Å². The van der Waals surface area contributed by atoms with Gasteiger partial charge in [0, 0.05) is 17.2 Å². The van der Waals surface area contributed by atoms with Gasteiger partial charge in [0.1, 0.15) is 11.3 Å². The standard InChI is InChI=1S/C20H19ClF3N3O2S/c1-10(15-5-6-17(30-15)29-9-20(22,23)24)25-16(28)8-11-7-12(11)19-26-14-4-2-3-13(21)18(14)27-19/h2-6,10-12H,7-9H2,1H3,(H,25,28)(H,26,27)/t10-,11+,12-/m1/s1. The minimum atomic E-state index is -4.38. The molecule has 2 N–H and O–H groups in total. The van der Waals surface area contributed by atoms with E-state index < -0.39 is 12.8 Å². The summed E-state index contributed by atoms with van der Waals surface area (Å²) < 4.78 is 41.5. The topological polar surface area (TPSA) is 67.0 Å². The van der Waals surface area contributed by atoms with Gasteiger partial charge < -0.3 is 15.0 Å². The highest BCUT2D eigenvalue weighted by Crippen LogP contribution is 2.49. The fraction of sp³-hybridized carbons (Fsp3) is 0.400. The second kappa shape index (κ2) is 8.11. The van der Waals surface area contributed by atoms with Gasteiger partial charge in [-0.25, -0.2) is 4.98 Å². The van der Waals surface area contributed by atoms with Crippen molar-refractivity contribution in [2.24, 2.45) is 5.92 Å². The van der Waals surface area contributed by atoms with Crippen molar-refractivity contribution >= 4 is 39.9 Å². The molecule has 0 unspecified atom stereocenters. The fourth-order valence-corrected chi connectivity index (χ4v) is 4.48. The van der Waals surface area contributed by atoms with Gasteiger partial charge in [0.05, 0.1) is 16.6 Å².